The number of amides is 1. The summed E-state index contributed by atoms with van der Waals surface area (Å²) in [6.45, 7) is 3.37. The molecular formula is C17H18N4O. The first-order valence-electron chi connectivity index (χ1n) is 7.41. The smallest absolute Gasteiger partial charge is 0.253 e. The second-order valence-electron chi connectivity index (χ2n) is 5.11. The summed E-state index contributed by atoms with van der Waals surface area (Å²) in [6, 6.07) is 9.45. The Bertz CT molecular complexity index is 780. The maximum atomic E-state index is 12.5. The number of hydrogen-bond acceptors (Lipinski definition) is 3. The van der Waals surface area contributed by atoms with E-state index in [0.717, 1.165) is 29.7 Å². The SMILES string of the molecule is CCCn1cc(C(=O)NCc2ccccn2)c2cccnc21. The van der Waals surface area contributed by atoms with Crippen molar-refractivity contribution in [1.29, 1.82) is 0 Å². The van der Waals surface area contributed by atoms with E-state index in [1.54, 1.807) is 12.4 Å². The van der Waals surface area contributed by atoms with Crippen LogP contribution in [0, 0.1) is 0 Å². The first-order chi connectivity index (χ1) is 10.8. The predicted molar refractivity (Wildman–Crippen MR) is 85.4 cm³/mol. The minimum Gasteiger partial charge on any atom is -0.346 e. The minimum atomic E-state index is -0.0986. The second-order valence-corrected chi connectivity index (χ2v) is 5.11. The molecule has 3 heterocycles. The van der Waals surface area contributed by atoms with Crippen molar-refractivity contribution >= 4 is 16.9 Å². The van der Waals surface area contributed by atoms with Gasteiger partial charge in [-0.25, -0.2) is 4.98 Å². The number of carbonyl (C=O) groups excluding carboxylic acids is 1. The van der Waals surface area contributed by atoms with Gasteiger partial charge in [-0.2, -0.15) is 0 Å². The van der Waals surface area contributed by atoms with Gasteiger partial charge >= 0.3 is 0 Å². The monoisotopic (exact) mass is 294 g/mol. The van der Waals surface area contributed by atoms with Crippen molar-refractivity contribution in [2.45, 2.75) is 26.4 Å². The summed E-state index contributed by atoms with van der Waals surface area (Å²) in [5.41, 5.74) is 2.35. The zero-order chi connectivity index (χ0) is 15.4. The molecule has 3 aromatic rings. The molecule has 22 heavy (non-hydrogen) atoms. The number of carbonyl (C=O) groups is 1. The molecular weight excluding hydrogens is 276 g/mol. The van der Waals surface area contributed by atoms with Crippen LogP contribution in [-0.2, 0) is 13.1 Å². The molecule has 1 amide bonds. The highest BCUT2D eigenvalue weighted by Gasteiger charge is 2.15. The Balaban J connectivity index is 1.84. The zero-order valence-electron chi connectivity index (χ0n) is 12.5. The molecule has 0 saturated heterocycles. The highest BCUT2D eigenvalue weighted by Crippen LogP contribution is 2.19. The van der Waals surface area contributed by atoms with Gasteiger partial charge in [-0.15, -0.1) is 0 Å². The van der Waals surface area contributed by atoms with Crippen LogP contribution in [0.4, 0.5) is 0 Å². The molecule has 3 rings (SSSR count). The first kappa shape index (κ1) is 14.3. The van der Waals surface area contributed by atoms with Gasteiger partial charge in [0.05, 0.1) is 17.8 Å². The third kappa shape index (κ3) is 2.83. The molecule has 0 aromatic carbocycles. The van der Waals surface area contributed by atoms with Crippen LogP contribution in [0.3, 0.4) is 0 Å². The molecule has 0 aliphatic carbocycles. The van der Waals surface area contributed by atoms with Gasteiger partial charge in [-0.05, 0) is 30.7 Å². The Morgan fingerprint density at radius 3 is 2.82 bits per heavy atom. The van der Waals surface area contributed by atoms with Crippen molar-refractivity contribution in [3.63, 3.8) is 0 Å². The topological polar surface area (TPSA) is 59.8 Å². The Morgan fingerprint density at radius 1 is 1.18 bits per heavy atom. The zero-order valence-corrected chi connectivity index (χ0v) is 12.5. The summed E-state index contributed by atoms with van der Waals surface area (Å²) in [4.78, 5) is 21.1. The molecule has 112 valence electrons. The molecule has 3 aromatic heterocycles. The second kappa shape index (κ2) is 6.39. The Hall–Kier alpha value is -2.69. The summed E-state index contributed by atoms with van der Waals surface area (Å²) in [7, 11) is 0. The van der Waals surface area contributed by atoms with Gasteiger partial charge in [-0.3, -0.25) is 9.78 Å². The van der Waals surface area contributed by atoms with E-state index in [-0.39, 0.29) is 5.91 Å². The van der Waals surface area contributed by atoms with Crippen LogP contribution < -0.4 is 5.32 Å². The molecule has 1 N–H and O–H groups in total. The summed E-state index contributed by atoms with van der Waals surface area (Å²) in [6.07, 6.45) is 6.35. The number of aromatic nitrogens is 3. The van der Waals surface area contributed by atoms with E-state index in [1.165, 1.54) is 0 Å². The lowest BCUT2D eigenvalue weighted by Gasteiger charge is -2.03. The van der Waals surface area contributed by atoms with Crippen molar-refractivity contribution < 1.29 is 4.79 Å². The van der Waals surface area contributed by atoms with E-state index in [4.69, 9.17) is 0 Å². The number of fused-ring (bicyclic) bond motifs is 1. The van der Waals surface area contributed by atoms with Gasteiger partial charge in [0.25, 0.3) is 5.91 Å². The van der Waals surface area contributed by atoms with E-state index < -0.39 is 0 Å². The van der Waals surface area contributed by atoms with Crippen LogP contribution in [-0.4, -0.2) is 20.4 Å². The predicted octanol–water partition coefficient (Wildman–Crippen LogP) is 2.77. The molecule has 0 saturated carbocycles. The largest absolute Gasteiger partial charge is 0.346 e. The molecule has 0 bridgehead atoms. The van der Waals surface area contributed by atoms with Crippen molar-refractivity contribution in [1.82, 2.24) is 19.9 Å². The Morgan fingerprint density at radius 2 is 2.05 bits per heavy atom. The van der Waals surface area contributed by atoms with Crippen LogP contribution in [0.1, 0.15) is 29.4 Å². The molecule has 5 heteroatoms. The molecule has 0 aliphatic rings. The highest BCUT2D eigenvalue weighted by molar-refractivity contribution is 6.06. The fourth-order valence-corrected chi connectivity index (χ4v) is 2.48. The molecule has 0 aliphatic heterocycles. The highest BCUT2D eigenvalue weighted by atomic mass is 16.1. The molecule has 0 fully saturated rings. The summed E-state index contributed by atoms with van der Waals surface area (Å²) in [5, 5.41) is 3.80. The third-order valence-electron chi connectivity index (χ3n) is 3.50. The number of nitrogens with zero attached hydrogens (tertiary/aromatic N) is 3. The average molecular weight is 294 g/mol. The summed E-state index contributed by atoms with van der Waals surface area (Å²) < 4.78 is 2.03. The standard InChI is InChI=1S/C17H18N4O/c1-2-10-21-12-15(14-7-5-9-19-16(14)21)17(22)20-11-13-6-3-4-8-18-13/h3-9,12H,2,10-11H2,1H3,(H,20,22). The molecule has 0 atom stereocenters. The lowest BCUT2D eigenvalue weighted by Crippen LogP contribution is -2.23. The third-order valence-corrected chi connectivity index (χ3v) is 3.50. The number of rotatable bonds is 5. The van der Waals surface area contributed by atoms with Crippen LogP contribution in [0.5, 0.6) is 0 Å². The van der Waals surface area contributed by atoms with E-state index in [0.29, 0.717) is 12.1 Å². The van der Waals surface area contributed by atoms with E-state index in [9.17, 15) is 4.79 Å². The van der Waals surface area contributed by atoms with Gasteiger partial charge < -0.3 is 9.88 Å². The van der Waals surface area contributed by atoms with Gasteiger partial charge in [0.1, 0.15) is 5.65 Å². The number of aryl methyl sites for hydroxylation is 1. The number of pyridine rings is 2. The maximum Gasteiger partial charge on any atom is 0.253 e. The van der Waals surface area contributed by atoms with E-state index in [2.05, 4.69) is 22.2 Å². The van der Waals surface area contributed by atoms with E-state index in [1.807, 2.05) is 41.1 Å². The maximum absolute atomic E-state index is 12.5. The summed E-state index contributed by atoms with van der Waals surface area (Å²) >= 11 is 0. The first-order valence-corrected chi connectivity index (χ1v) is 7.41. The minimum absolute atomic E-state index is 0.0986. The lowest BCUT2D eigenvalue weighted by molar-refractivity contribution is 0.0952. The van der Waals surface area contributed by atoms with Crippen LogP contribution in [0.2, 0.25) is 0 Å². The van der Waals surface area contributed by atoms with Crippen LogP contribution >= 0.6 is 0 Å². The quantitative estimate of drug-likeness (QED) is 0.787. The number of nitrogens with one attached hydrogen (secondary N) is 1. The van der Waals surface area contributed by atoms with Gasteiger partial charge in [0.2, 0.25) is 0 Å². The molecule has 5 nitrogen and oxygen atoms in total. The van der Waals surface area contributed by atoms with Gasteiger partial charge in [0, 0.05) is 30.5 Å². The molecule has 0 radical (unpaired) electrons. The summed E-state index contributed by atoms with van der Waals surface area (Å²) in [5.74, 6) is -0.0986. The van der Waals surface area contributed by atoms with Crippen molar-refractivity contribution in [3.8, 4) is 0 Å². The number of hydrogen-bond donors (Lipinski definition) is 1. The van der Waals surface area contributed by atoms with Crippen molar-refractivity contribution in [2.75, 3.05) is 0 Å². The van der Waals surface area contributed by atoms with Crippen LogP contribution in [0.15, 0.2) is 48.9 Å². The van der Waals surface area contributed by atoms with Crippen molar-refractivity contribution in [3.05, 3.63) is 60.2 Å². The fraction of sp³-hybridized carbons (Fsp3) is 0.235. The Labute approximate surface area is 129 Å². The Kier molecular flexibility index (Phi) is 4.14. The molecule has 0 spiro atoms. The van der Waals surface area contributed by atoms with Gasteiger partial charge in [-0.1, -0.05) is 13.0 Å². The normalized spacial score (nSPS) is 10.8. The van der Waals surface area contributed by atoms with Crippen molar-refractivity contribution in [2.24, 2.45) is 0 Å². The van der Waals surface area contributed by atoms with Crippen LogP contribution in [0.25, 0.3) is 11.0 Å². The lowest BCUT2D eigenvalue weighted by atomic mass is 10.2. The average Bonchev–Trinajstić information content (AvgIpc) is 2.93. The molecule has 0 unspecified atom stereocenters. The van der Waals surface area contributed by atoms with Gasteiger partial charge in [0.15, 0.2) is 0 Å². The fourth-order valence-electron chi connectivity index (χ4n) is 2.48. The van der Waals surface area contributed by atoms with E-state index >= 15 is 0 Å².